The summed E-state index contributed by atoms with van der Waals surface area (Å²) in [5, 5.41) is 4.91. The maximum Gasteiger partial charge on any atom is 0.262 e. The van der Waals surface area contributed by atoms with E-state index in [2.05, 4.69) is 17.2 Å². The van der Waals surface area contributed by atoms with Crippen molar-refractivity contribution in [1.82, 2.24) is 5.32 Å². The number of carbonyl (C=O) groups excluding carboxylic acids is 1. The van der Waals surface area contributed by atoms with E-state index in [1.807, 2.05) is 11.4 Å². The molecular formula is C14H18N2OS. The van der Waals surface area contributed by atoms with Crippen molar-refractivity contribution >= 4 is 17.2 Å². The molecule has 0 bridgehead atoms. The van der Waals surface area contributed by atoms with E-state index in [0.29, 0.717) is 17.3 Å². The SMILES string of the molecule is NCC#Cc1ccsc1C(=O)NCC1CCCC1. The number of amides is 1. The second-order valence-electron chi connectivity index (χ2n) is 4.53. The summed E-state index contributed by atoms with van der Waals surface area (Å²) < 4.78 is 0. The van der Waals surface area contributed by atoms with Crippen molar-refractivity contribution in [3.05, 3.63) is 21.9 Å². The Morgan fingerprint density at radius 3 is 3.00 bits per heavy atom. The summed E-state index contributed by atoms with van der Waals surface area (Å²) in [5.41, 5.74) is 6.13. The fraction of sp³-hybridized carbons (Fsp3) is 0.500. The van der Waals surface area contributed by atoms with Crippen LogP contribution in [0.15, 0.2) is 11.4 Å². The van der Waals surface area contributed by atoms with Crippen molar-refractivity contribution in [2.24, 2.45) is 11.7 Å². The quantitative estimate of drug-likeness (QED) is 0.818. The van der Waals surface area contributed by atoms with Crippen LogP contribution in [0.25, 0.3) is 0 Å². The third-order valence-corrected chi connectivity index (χ3v) is 4.14. The zero-order chi connectivity index (χ0) is 12.8. The fourth-order valence-electron chi connectivity index (χ4n) is 2.26. The van der Waals surface area contributed by atoms with Crippen molar-refractivity contribution in [1.29, 1.82) is 0 Å². The van der Waals surface area contributed by atoms with Gasteiger partial charge >= 0.3 is 0 Å². The molecule has 1 aliphatic carbocycles. The first-order valence-corrected chi connectivity index (χ1v) is 7.24. The summed E-state index contributed by atoms with van der Waals surface area (Å²) in [6.45, 7) is 1.11. The number of hydrogen-bond acceptors (Lipinski definition) is 3. The van der Waals surface area contributed by atoms with Gasteiger partial charge in [0.05, 0.1) is 6.54 Å². The zero-order valence-corrected chi connectivity index (χ0v) is 11.2. The van der Waals surface area contributed by atoms with Gasteiger partial charge in [-0.2, -0.15) is 0 Å². The summed E-state index contributed by atoms with van der Waals surface area (Å²) in [4.78, 5) is 12.7. The van der Waals surface area contributed by atoms with E-state index in [1.54, 1.807) is 0 Å². The Bertz CT molecular complexity index is 464. The van der Waals surface area contributed by atoms with Gasteiger partial charge in [0.25, 0.3) is 5.91 Å². The highest BCUT2D eigenvalue weighted by molar-refractivity contribution is 7.12. The van der Waals surface area contributed by atoms with E-state index >= 15 is 0 Å². The molecule has 1 saturated carbocycles. The highest BCUT2D eigenvalue weighted by Crippen LogP contribution is 2.24. The van der Waals surface area contributed by atoms with Crippen LogP contribution < -0.4 is 11.1 Å². The van der Waals surface area contributed by atoms with Gasteiger partial charge in [0.2, 0.25) is 0 Å². The molecule has 1 aromatic heterocycles. The van der Waals surface area contributed by atoms with Crippen LogP contribution in [-0.4, -0.2) is 19.0 Å². The van der Waals surface area contributed by atoms with Gasteiger partial charge in [0, 0.05) is 12.1 Å². The molecule has 1 fully saturated rings. The summed E-state index contributed by atoms with van der Waals surface area (Å²) in [7, 11) is 0. The Balaban J connectivity index is 1.93. The largest absolute Gasteiger partial charge is 0.351 e. The molecule has 0 radical (unpaired) electrons. The smallest absolute Gasteiger partial charge is 0.262 e. The molecule has 96 valence electrons. The summed E-state index contributed by atoms with van der Waals surface area (Å²) >= 11 is 1.44. The predicted octanol–water partition coefficient (Wildman–Crippen LogP) is 1.98. The summed E-state index contributed by atoms with van der Waals surface area (Å²) in [5.74, 6) is 6.38. The van der Waals surface area contributed by atoms with E-state index in [9.17, 15) is 4.79 Å². The topological polar surface area (TPSA) is 55.1 Å². The van der Waals surface area contributed by atoms with E-state index in [1.165, 1.54) is 37.0 Å². The molecule has 0 unspecified atom stereocenters. The molecule has 0 aromatic carbocycles. The van der Waals surface area contributed by atoms with Gasteiger partial charge in [-0.25, -0.2) is 0 Å². The van der Waals surface area contributed by atoms with Crippen molar-refractivity contribution in [3.63, 3.8) is 0 Å². The van der Waals surface area contributed by atoms with Crippen LogP contribution in [0, 0.1) is 17.8 Å². The van der Waals surface area contributed by atoms with Crippen molar-refractivity contribution in [3.8, 4) is 11.8 Å². The lowest BCUT2D eigenvalue weighted by Gasteiger charge is -2.09. The minimum Gasteiger partial charge on any atom is -0.351 e. The first-order chi connectivity index (χ1) is 8.81. The molecule has 1 aromatic rings. The van der Waals surface area contributed by atoms with E-state index in [0.717, 1.165) is 12.1 Å². The number of hydrogen-bond donors (Lipinski definition) is 2. The average Bonchev–Trinajstić information content (AvgIpc) is 3.04. The van der Waals surface area contributed by atoms with Crippen LogP contribution in [0.4, 0.5) is 0 Å². The molecule has 1 heterocycles. The van der Waals surface area contributed by atoms with E-state index in [-0.39, 0.29) is 5.91 Å². The third-order valence-electron chi connectivity index (χ3n) is 3.22. The molecule has 3 nitrogen and oxygen atoms in total. The molecule has 4 heteroatoms. The molecule has 1 aliphatic rings. The molecule has 0 saturated heterocycles. The minimum absolute atomic E-state index is 0.00165. The lowest BCUT2D eigenvalue weighted by Crippen LogP contribution is -2.28. The highest BCUT2D eigenvalue weighted by atomic mass is 32.1. The molecule has 1 amide bonds. The number of nitrogens with one attached hydrogen (secondary N) is 1. The second kappa shape index (κ2) is 6.58. The number of rotatable bonds is 3. The van der Waals surface area contributed by atoms with Gasteiger partial charge in [0.1, 0.15) is 4.88 Å². The van der Waals surface area contributed by atoms with Crippen molar-refractivity contribution in [2.75, 3.05) is 13.1 Å². The Morgan fingerprint density at radius 2 is 2.28 bits per heavy atom. The maximum atomic E-state index is 12.0. The molecular weight excluding hydrogens is 244 g/mol. The monoisotopic (exact) mass is 262 g/mol. The Labute approximate surface area is 112 Å². The van der Waals surface area contributed by atoms with Crippen LogP contribution in [0.2, 0.25) is 0 Å². The molecule has 0 atom stereocenters. The van der Waals surface area contributed by atoms with Crippen LogP contribution in [0.1, 0.15) is 40.9 Å². The molecule has 0 spiro atoms. The van der Waals surface area contributed by atoms with E-state index in [4.69, 9.17) is 5.73 Å². The highest BCUT2D eigenvalue weighted by Gasteiger charge is 2.17. The Morgan fingerprint density at radius 1 is 1.50 bits per heavy atom. The predicted molar refractivity (Wildman–Crippen MR) is 74.5 cm³/mol. The normalized spacial score (nSPS) is 15.2. The molecule has 18 heavy (non-hydrogen) atoms. The Hall–Kier alpha value is -1.31. The van der Waals surface area contributed by atoms with Crippen molar-refractivity contribution in [2.45, 2.75) is 25.7 Å². The number of thiophene rings is 1. The number of carbonyl (C=O) groups is 1. The van der Waals surface area contributed by atoms with Gasteiger partial charge < -0.3 is 11.1 Å². The van der Waals surface area contributed by atoms with Gasteiger partial charge in [-0.3, -0.25) is 4.79 Å². The van der Waals surface area contributed by atoms with Crippen LogP contribution in [0.5, 0.6) is 0 Å². The lowest BCUT2D eigenvalue weighted by atomic mass is 10.1. The van der Waals surface area contributed by atoms with Gasteiger partial charge in [-0.1, -0.05) is 24.7 Å². The van der Waals surface area contributed by atoms with Gasteiger partial charge in [-0.15, -0.1) is 11.3 Å². The van der Waals surface area contributed by atoms with Crippen LogP contribution in [0.3, 0.4) is 0 Å². The lowest BCUT2D eigenvalue weighted by molar-refractivity contribution is 0.0951. The van der Waals surface area contributed by atoms with Crippen LogP contribution in [-0.2, 0) is 0 Å². The maximum absolute atomic E-state index is 12.0. The van der Waals surface area contributed by atoms with E-state index < -0.39 is 0 Å². The van der Waals surface area contributed by atoms with Crippen LogP contribution >= 0.6 is 11.3 Å². The minimum atomic E-state index is -0.00165. The average molecular weight is 262 g/mol. The summed E-state index contributed by atoms with van der Waals surface area (Å²) in [6.07, 6.45) is 5.08. The van der Waals surface area contributed by atoms with Crippen molar-refractivity contribution < 1.29 is 4.79 Å². The standard InChI is InChI=1S/C14H18N2OS/c15-8-3-6-12-7-9-18-13(12)14(17)16-10-11-4-1-2-5-11/h7,9,11H,1-2,4-5,8,10,15H2,(H,16,17). The third kappa shape index (κ3) is 3.34. The first kappa shape index (κ1) is 13.1. The molecule has 0 aliphatic heterocycles. The second-order valence-corrected chi connectivity index (χ2v) is 5.45. The number of nitrogens with two attached hydrogens (primary N) is 1. The fourth-order valence-corrected chi connectivity index (χ4v) is 3.03. The van der Waals surface area contributed by atoms with Gasteiger partial charge in [-0.05, 0) is 30.2 Å². The first-order valence-electron chi connectivity index (χ1n) is 6.36. The zero-order valence-electron chi connectivity index (χ0n) is 10.4. The summed E-state index contributed by atoms with van der Waals surface area (Å²) in [6, 6.07) is 1.87. The van der Waals surface area contributed by atoms with Gasteiger partial charge in [0.15, 0.2) is 0 Å². The molecule has 2 rings (SSSR count). The Kier molecular flexibility index (Phi) is 4.80. The molecule has 3 N–H and O–H groups in total.